The summed E-state index contributed by atoms with van der Waals surface area (Å²) in [5, 5.41) is 29.4. The van der Waals surface area contributed by atoms with Gasteiger partial charge in [-0.3, -0.25) is 28.8 Å². The zero-order valence-corrected chi connectivity index (χ0v) is 63.3. The summed E-state index contributed by atoms with van der Waals surface area (Å²) in [6, 6.07) is 16.2. The number of carbonyl (C=O) groups is 6. The van der Waals surface area contributed by atoms with Gasteiger partial charge in [0.25, 0.3) is 23.6 Å². The molecule has 4 amide bonds. The molecule has 0 bridgehead atoms. The van der Waals surface area contributed by atoms with Gasteiger partial charge in [0, 0.05) is 90.3 Å². The standard InChI is InChI=1S/2C19H17ClFN5O2.C14H14ClFN2O2.C14H15FN2O3.C5H6ClN3O.Cl2OS/c2*20-11-7-15(22-8-11)17-24-18(28-25-17)10-1-2-12-3-5-14-13(4-6-16(21)23-14)19(27)26(12)9-10;15-13(19)8-1-2-9-3-5-11-10(4-6-12(16)17-11)14(20)18(9)7-8;15-12-6-4-10-11(16-12)5-3-9-2-1-8(14(19)20)7-17(9)13(10)18;6-3-1-4(8-2-3)5(7)9-10;1-4(2)3/h2*4,6-8,10,12,22H,1-3,5,9H2;4,6,8-9H,1-3,5,7H2;4,6,8-9H,1-3,5,7H2,(H,19,20);1-2,8,10H,(H2,7,9);/t2*10-,12-;;;;/m10..../s1. The Hall–Kier alpha value is -9.38. The summed E-state index contributed by atoms with van der Waals surface area (Å²) in [6.07, 6.45) is 16.3. The first-order chi connectivity index (χ1) is 52.7. The van der Waals surface area contributed by atoms with Crippen LogP contribution in [0.3, 0.4) is 0 Å². The van der Waals surface area contributed by atoms with Crippen LogP contribution in [-0.4, -0.2) is 180 Å². The van der Waals surface area contributed by atoms with E-state index >= 15 is 0 Å². The number of nitrogens with zero attached hydrogens (tertiary/aromatic N) is 13. The van der Waals surface area contributed by atoms with Crippen LogP contribution in [0.4, 0.5) is 17.6 Å². The average Bonchev–Trinajstić information content (AvgIpc) is 1.65. The molecule has 7 N–H and O–H groups in total. The van der Waals surface area contributed by atoms with Gasteiger partial charge in [-0.1, -0.05) is 50.3 Å². The van der Waals surface area contributed by atoms with Gasteiger partial charge in [0.1, 0.15) is 0 Å². The molecule has 4 saturated heterocycles. The third-order valence-corrected chi connectivity index (χ3v) is 21.4. The molecule has 8 aliphatic heterocycles. The fourth-order valence-corrected chi connectivity index (χ4v) is 15.6. The van der Waals surface area contributed by atoms with Crippen molar-refractivity contribution >= 4 is 118 Å². The van der Waals surface area contributed by atoms with Crippen LogP contribution in [0.5, 0.6) is 0 Å². The summed E-state index contributed by atoms with van der Waals surface area (Å²) >= 11 is 23.0. The molecule has 9 aromatic rings. The van der Waals surface area contributed by atoms with Crippen molar-refractivity contribution in [1.82, 2.24) is 74.8 Å². The third kappa shape index (κ3) is 19.1. The Bertz CT molecular complexity index is 4680. The van der Waals surface area contributed by atoms with E-state index in [-0.39, 0.29) is 77.9 Å². The minimum atomic E-state index is -1.67. The maximum absolute atomic E-state index is 13.5. The number of amidine groups is 1. The second kappa shape index (κ2) is 35.8. The summed E-state index contributed by atoms with van der Waals surface area (Å²) in [5.74, 6) is -2.68. The van der Waals surface area contributed by atoms with Crippen molar-refractivity contribution in [3.05, 3.63) is 187 Å². The lowest BCUT2D eigenvalue weighted by Crippen LogP contribution is -2.47. The van der Waals surface area contributed by atoms with Gasteiger partial charge >= 0.3 is 5.97 Å². The number of piperidine rings is 4. The molecule has 8 aliphatic rings. The van der Waals surface area contributed by atoms with Crippen LogP contribution in [0.15, 0.2) is 99.5 Å². The molecule has 39 heteroatoms. The number of hydrogen-bond donors (Lipinski definition) is 6. The van der Waals surface area contributed by atoms with E-state index in [9.17, 15) is 46.3 Å². The van der Waals surface area contributed by atoms with Gasteiger partial charge < -0.3 is 59.6 Å². The molecule has 0 aliphatic carbocycles. The quantitative estimate of drug-likeness (QED) is 0.0164. The zero-order valence-electron chi connectivity index (χ0n) is 58.0. The van der Waals surface area contributed by atoms with Crippen molar-refractivity contribution in [3.63, 3.8) is 0 Å². The average molecular weight is 1660 g/mol. The third-order valence-electron chi connectivity index (χ3n) is 20.5. The van der Waals surface area contributed by atoms with Crippen molar-refractivity contribution in [3.8, 4) is 23.0 Å². The molecule has 8 atom stereocenters. The van der Waals surface area contributed by atoms with E-state index in [4.69, 9.17) is 75.7 Å². The molecule has 0 radical (unpaired) electrons. The predicted octanol–water partition coefficient (Wildman–Crippen LogP) is 12.6. The van der Waals surface area contributed by atoms with E-state index < -0.39 is 50.1 Å². The number of halogens is 10. The number of carboxylic acid groups (broad SMARTS) is 1. The first kappa shape index (κ1) is 80.1. The number of pyridine rings is 4. The number of H-pyrrole nitrogens is 3. The van der Waals surface area contributed by atoms with Crippen LogP contribution >= 0.6 is 67.8 Å². The highest BCUT2D eigenvalue weighted by atomic mass is 36.0. The second-order valence-corrected chi connectivity index (χ2v) is 31.3. The topological polar surface area (TPSA) is 388 Å². The van der Waals surface area contributed by atoms with Gasteiger partial charge in [-0.2, -0.15) is 27.5 Å². The highest BCUT2D eigenvalue weighted by Gasteiger charge is 2.43. The normalized spacial score (nSPS) is 21.9. The van der Waals surface area contributed by atoms with Crippen LogP contribution in [0.2, 0.25) is 15.1 Å². The number of hydrogen-bond acceptors (Lipinski definition) is 19. The molecule has 0 spiro atoms. The Morgan fingerprint density at radius 1 is 0.491 bits per heavy atom. The molecule has 0 saturated carbocycles. The number of rotatable bonds is 7. The molecule has 9 aromatic heterocycles. The van der Waals surface area contributed by atoms with Gasteiger partial charge in [-0.25, -0.2) is 24.1 Å². The lowest BCUT2D eigenvalue weighted by Gasteiger charge is -2.37. The number of amides is 4. The van der Waals surface area contributed by atoms with Crippen molar-refractivity contribution < 1.29 is 69.9 Å². The Labute approximate surface area is 655 Å². The SMILES string of the molecule is N/C(=N\O)c1cc(Cl)c[nH]1.O=C(Cl)C1CCC2CCc3nc(F)ccc3C(=O)N2C1.O=C(O)C1CCC2CCc3nc(F)ccc3C(=O)N2C1.O=C1c2ccc(F)nc2CC[C@@H]2CC[C@H](c3nc(-c4cc(Cl)c[nH]4)no3)CN12.O=C1c2ccc(F)nc2CC[C@H]2CC[C@@H](c3nc(-c4cc(Cl)c[nH]4)no3)CN12.O=S(Cl)Cl. The van der Waals surface area contributed by atoms with E-state index in [2.05, 4.69) is 81.7 Å². The molecular weight excluding hydrogens is 1590 g/mol. The Morgan fingerprint density at radius 3 is 1.14 bits per heavy atom. The number of fused-ring (bicyclic) bond motifs is 8. The number of aliphatic carboxylic acids is 1. The number of carboxylic acids is 1. The van der Waals surface area contributed by atoms with Gasteiger partial charge in [-0.15, -0.1) is 0 Å². The number of aromatic nitrogens is 11. The number of nitrogens with one attached hydrogen (secondary N) is 3. The lowest BCUT2D eigenvalue weighted by molar-refractivity contribution is -0.143. The summed E-state index contributed by atoms with van der Waals surface area (Å²) in [4.78, 5) is 114. The second-order valence-electron chi connectivity index (χ2n) is 27.1. The highest BCUT2D eigenvalue weighted by Crippen LogP contribution is 2.39. The van der Waals surface area contributed by atoms with Gasteiger partial charge in [0.15, 0.2) is 5.84 Å². The van der Waals surface area contributed by atoms with E-state index in [1.54, 1.807) is 46.6 Å². The largest absolute Gasteiger partial charge is 0.481 e. The molecule has 110 heavy (non-hydrogen) atoms. The molecule has 580 valence electrons. The Kier molecular flexibility index (Phi) is 26.1. The van der Waals surface area contributed by atoms with Crippen molar-refractivity contribution in [2.45, 2.75) is 139 Å². The van der Waals surface area contributed by atoms with Crippen molar-refractivity contribution in [2.24, 2.45) is 22.7 Å². The zero-order chi connectivity index (χ0) is 78.2. The number of aromatic amines is 3. The maximum Gasteiger partial charge on any atom is 0.308 e. The fourth-order valence-electron chi connectivity index (χ4n) is 15.0. The summed E-state index contributed by atoms with van der Waals surface area (Å²) in [5.41, 5.74) is 11.0. The van der Waals surface area contributed by atoms with Crippen LogP contribution in [0.1, 0.15) is 171 Å². The van der Waals surface area contributed by atoms with Gasteiger partial charge in [-0.05, 0) is 181 Å². The van der Waals surface area contributed by atoms with E-state index in [0.29, 0.717) is 172 Å². The van der Waals surface area contributed by atoms with Gasteiger partial charge in [0.05, 0.1) is 101 Å². The van der Waals surface area contributed by atoms with Crippen molar-refractivity contribution in [1.29, 1.82) is 0 Å². The van der Waals surface area contributed by atoms with Crippen LogP contribution in [0.25, 0.3) is 23.0 Å². The minimum absolute atomic E-state index is 0.0203. The molecule has 0 aromatic carbocycles. The highest BCUT2D eigenvalue weighted by molar-refractivity contribution is 8.26. The molecular formula is C71H69Cl6F4N17O11S. The number of nitrogens with two attached hydrogens (primary N) is 1. The smallest absolute Gasteiger partial charge is 0.308 e. The Morgan fingerprint density at radius 2 is 0.818 bits per heavy atom. The Balaban J connectivity index is 0.000000130. The van der Waals surface area contributed by atoms with E-state index in [1.807, 2.05) is 9.80 Å². The first-order valence-electron chi connectivity index (χ1n) is 35.0. The molecule has 28 nitrogen and oxygen atoms in total. The summed E-state index contributed by atoms with van der Waals surface area (Å²) < 4.78 is 73.4. The lowest BCUT2D eigenvalue weighted by atomic mass is 9.91. The molecule has 17 rings (SSSR count). The summed E-state index contributed by atoms with van der Waals surface area (Å²) in [6.45, 7) is 1.57. The number of carbonyl (C=O) groups excluding carboxylic acids is 5. The monoisotopic (exact) mass is 1650 g/mol. The molecule has 4 unspecified atom stereocenters. The number of aryl methyl sites for hydroxylation is 4. The first-order valence-corrected chi connectivity index (χ1v) is 39.3. The van der Waals surface area contributed by atoms with Crippen molar-refractivity contribution in [2.75, 3.05) is 26.2 Å². The molecule has 4 fully saturated rings. The van der Waals surface area contributed by atoms with Gasteiger partial charge in [0.2, 0.25) is 61.7 Å². The summed E-state index contributed by atoms with van der Waals surface area (Å²) in [7, 11) is 7.36. The number of oxime groups is 1. The van der Waals surface area contributed by atoms with Crippen LogP contribution in [0, 0.1) is 35.6 Å². The predicted molar refractivity (Wildman–Crippen MR) is 394 cm³/mol. The molecule has 17 heterocycles. The van der Waals surface area contributed by atoms with E-state index in [0.717, 1.165) is 51.4 Å². The fraction of sp³-hybridized carbons (Fsp3) is 0.394. The minimum Gasteiger partial charge on any atom is -0.481 e. The van der Waals surface area contributed by atoms with Crippen LogP contribution < -0.4 is 5.73 Å². The van der Waals surface area contributed by atoms with Crippen LogP contribution in [-0.2, 0) is 44.5 Å². The van der Waals surface area contributed by atoms with E-state index in [1.165, 1.54) is 48.5 Å². The maximum atomic E-state index is 13.5.